The lowest BCUT2D eigenvalue weighted by Gasteiger charge is -2.09. The lowest BCUT2D eigenvalue weighted by Crippen LogP contribution is -2.28. The fourth-order valence-corrected chi connectivity index (χ4v) is 3.93. The molecule has 0 saturated heterocycles. The van der Waals surface area contributed by atoms with Gasteiger partial charge in [0.15, 0.2) is 0 Å². The van der Waals surface area contributed by atoms with E-state index in [-0.39, 0.29) is 24.0 Å². The molecule has 1 N–H and O–H groups in total. The summed E-state index contributed by atoms with van der Waals surface area (Å²) >= 11 is 0. The number of para-hydroxylation sites is 2. The molecule has 0 aliphatic heterocycles. The van der Waals surface area contributed by atoms with Crippen LogP contribution < -0.4 is 15.7 Å². The van der Waals surface area contributed by atoms with Crippen LogP contribution in [0.25, 0.3) is 16.7 Å². The summed E-state index contributed by atoms with van der Waals surface area (Å²) < 4.78 is 8.63. The highest BCUT2D eigenvalue weighted by Gasteiger charge is 2.19. The second-order valence-electron chi connectivity index (χ2n) is 8.75. The van der Waals surface area contributed by atoms with Crippen molar-refractivity contribution in [2.45, 2.75) is 33.2 Å². The van der Waals surface area contributed by atoms with Crippen LogP contribution in [0, 0.1) is 6.92 Å². The number of anilines is 1. The van der Waals surface area contributed by atoms with Crippen LogP contribution in [0.4, 0.5) is 5.69 Å². The maximum Gasteiger partial charge on any atom is 0.351 e. The molecule has 1 amide bonds. The average molecular weight is 468 g/mol. The molecular formula is C27H25N5O3. The Balaban J connectivity index is 1.53. The van der Waals surface area contributed by atoms with Crippen molar-refractivity contribution >= 4 is 28.3 Å². The number of carbonyl (C=O) groups is 1. The van der Waals surface area contributed by atoms with E-state index in [0.29, 0.717) is 28.4 Å². The second kappa shape index (κ2) is 9.06. The van der Waals surface area contributed by atoms with E-state index in [2.05, 4.69) is 29.2 Å². The molecule has 0 atom stereocenters. The van der Waals surface area contributed by atoms with Gasteiger partial charge in [0.05, 0.1) is 11.0 Å². The van der Waals surface area contributed by atoms with Crippen LogP contribution in [0.5, 0.6) is 11.6 Å². The molecule has 0 spiro atoms. The quantitative estimate of drug-likeness (QED) is 0.383. The molecule has 2 aromatic heterocycles. The molecule has 0 saturated carbocycles. The van der Waals surface area contributed by atoms with E-state index in [1.54, 1.807) is 18.2 Å². The molecule has 0 bridgehead atoms. The summed E-state index contributed by atoms with van der Waals surface area (Å²) in [5.41, 5.74) is 3.83. The van der Waals surface area contributed by atoms with E-state index in [1.165, 1.54) is 9.96 Å². The molecule has 8 nitrogen and oxygen atoms in total. The molecule has 5 rings (SSSR count). The molecule has 2 heterocycles. The second-order valence-corrected chi connectivity index (χ2v) is 8.75. The van der Waals surface area contributed by atoms with Crippen LogP contribution in [0.1, 0.15) is 30.9 Å². The van der Waals surface area contributed by atoms with E-state index < -0.39 is 5.69 Å². The molecule has 5 aromatic rings. The first kappa shape index (κ1) is 22.3. The van der Waals surface area contributed by atoms with Crippen molar-refractivity contribution in [3.63, 3.8) is 0 Å². The van der Waals surface area contributed by atoms with Gasteiger partial charge in [0.25, 0.3) is 5.88 Å². The first-order chi connectivity index (χ1) is 16.9. The molecular weight excluding hydrogens is 442 g/mol. The fraction of sp³-hybridized carbons (Fsp3) is 0.185. The van der Waals surface area contributed by atoms with Gasteiger partial charge < -0.3 is 10.1 Å². The summed E-state index contributed by atoms with van der Waals surface area (Å²) in [6, 6.07) is 22.4. The third-order valence-electron chi connectivity index (χ3n) is 5.73. The molecule has 0 fully saturated rings. The van der Waals surface area contributed by atoms with Crippen molar-refractivity contribution in [1.82, 2.24) is 19.2 Å². The van der Waals surface area contributed by atoms with Crippen molar-refractivity contribution in [2.24, 2.45) is 0 Å². The summed E-state index contributed by atoms with van der Waals surface area (Å²) in [4.78, 5) is 30.6. The highest BCUT2D eigenvalue weighted by atomic mass is 16.5. The molecule has 3 aromatic carbocycles. The fourth-order valence-electron chi connectivity index (χ4n) is 3.93. The number of nitrogens with one attached hydrogen (secondary N) is 1. The molecule has 8 heteroatoms. The molecule has 0 radical (unpaired) electrons. The normalized spacial score (nSPS) is 11.3. The van der Waals surface area contributed by atoms with E-state index in [4.69, 9.17) is 4.74 Å². The Hall–Kier alpha value is -4.46. The van der Waals surface area contributed by atoms with E-state index >= 15 is 0 Å². The van der Waals surface area contributed by atoms with Crippen molar-refractivity contribution in [1.29, 1.82) is 0 Å². The monoisotopic (exact) mass is 467 g/mol. The summed E-state index contributed by atoms with van der Waals surface area (Å²) in [5.74, 6) is 0.814. The number of amides is 1. The van der Waals surface area contributed by atoms with Crippen LogP contribution in [0.3, 0.4) is 0 Å². The maximum absolute atomic E-state index is 13.3. The van der Waals surface area contributed by atoms with Crippen molar-refractivity contribution in [2.75, 3.05) is 5.32 Å². The zero-order chi connectivity index (χ0) is 24.5. The lowest BCUT2D eigenvalue weighted by molar-refractivity contribution is -0.117. The minimum absolute atomic E-state index is 0.191. The van der Waals surface area contributed by atoms with Gasteiger partial charge >= 0.3 is 5.69 Å². The zero-order valence-corrected chi connectivity index (χ0v) is 19.7. The van der Waals surface area contributed by atoms with Gasteiger partial charge in [-0.3, -0.25) is 4.79 Å². The van der Waals surface area contributed by atoms with Crippen LogP contribution in [-0.2, 0) is 11.3 Å². The predicted octanol–water partition coefficient (Wildman–Crippen LogP) is 4.91. The Morgan fingerprint density at radius 2 is 1.80 bits per heavy atom. The van der Waals surface area contributed by atoms with Crippen LogP contribution in [-0.4, -0.2) is 25.1 Å². The number of aromatic nitrogens is 4. The Labute approximate surface area is 201 Å². The van der Waals surface area contributed by atoms with Crippen LogP contribution in [0.15, 0.2) is 77.6 Å². The number of hydrogen-bond donors (Lipinski definition) is 1. The minimum atomic E-state index is -0.446. The van der Waals surface area contributed by atoms with Gasteiger partial charge in [-0.05, 0) is 60.4 Å². The van der Waals surface area contributed by atoms with Gasteiger partial charge in [-0.15, -0.1) is 5.10 Å². The van der Waals surface area contributed by atoms with Gasteiger partial charge in [0.1, 0.15) is 12.3 Å². The SMILES string of the molecule is Cc1cccc(NC(=O)Cn2nc3c(Oc4ccc(C(C)C)cc4)nc4ccccc4n3c2=O)c1. The third kappa shape index (κ3) is 4.50. The lowest BCUT2D eigenvalue weighted by atomic mass is 10.0. The summed E-state index contributed by atoms with van der Waals surface area (Å²) in [6.07, 6.45) is 0. The molecule has 176 valence electrons. The standard InChI is InChI=1S/C27H25N5O3/c1-17(2)19-11-13-21(14-12-19)35-26-25-30-31(16-24(33)28-20-8-6-7-18(3)15-20)27(34)32(25)23-10-5-4-9-22(23)29-26/h4-15,17H,16H2,1-3H3,(H,28,33). The molecule has 0 aliphatic rings. The number of benzene rings is 3. The van der Waals surface area contributed by atoms with E-state index in [9.17, 15) is 9.59 Å². The third-order valence-corrected chi connectivity index (χ3v) is 5.73. The summed E-state index contributed by atoms with van der Waals surface area (Å²) in [7, 11) is 0. The predicted molar refractivity (Wildman–Crippen MR) is 135 cm³/mol. The van der Waals surface area contributed by atoms with Gasteiger partial charge in [-0.2, -0.15) is 0 Å². The number of fused-ring (bicyclic) bond motifs is 3. The number of hydrogen-bond acceptors (Lipinski definition) is 5. The molecule has 35 heavy (non-hydrogen) atoms. The van der Waals surface area contributed by atoms with Crippen LogP contribution >= 0.6 is 0 Å². The average Bonchev–Trinajstić information content (AvgIpc) is 3.16. The van der Waals surface area contributed by atoms with Crippen molar-refractivity contribution < 1.29 is 9.53 Å². The van der Waals surface area contributed by atoms with Gasteiger partial charge in [0, 0.05) is 5.69 Å². The number of aryl methyl sites for hydroxylation is 1. The Kier molecular flexibility index (Phi) is 5.78. The minimum Gasteiger partial charge on any atom is -0.436 e. The number of rotatable bonds is 6. The van der Waals surface area contributed by atoms with Crippen molar-refractivity contribution in [3.05, 3.63) is 94.4 Å². The molecule has 0 aliphatic carbocycles. The first-order valence-corrected chi connectivity index (χ1v) is 11.4. The summed E-state index contributed by atoms with van der Waals surface area (Å²) in [5, 5.41) is 7.24. The number of nitrogens with zero attached hydrogens (tertiary/aromatic N) is 4. The van der Waals surface area contributed by atoms with Crippen molar-refractivity contribution in [3.8, 4) is 11.6 Å². The van der Waals surface area contributed by atoms with Gasteiger partial charge in [0.2, 0.25) is 11.6 Å². The highest BCUT2D eigenvalue weighted by molar-refractivity contribution is 5.90. The van der Waals surface area contributed by atoms with Gasteiger partial charge in [-0.1, -0.05) is 50.2 Å². The van der Waals surface area contributed by atoms with E-state index in [0.717, 1.165) is 10.2 Å². The Bertz CT molecular complexity index is 1600. The zero-order valence-electron chi connectivity index (χ0n) is 19.7. The topological polar surface area (TPSA) is 90.5 Å². The Morgan fingerprint density at radius 3 is 2.54 bits per heavy atom. The highest BCUT2D eigenvalue weighted by Crippen LogP contribution is 2.27. The van der Waals surface area contributed by atoms with Gasteiger partial charge in [-0.25, -0.2) is 18.9 Å². The van der Waals surface area contributed by atoms with Crippen LogP contribution in [0.2, 0.25) is 0 Å². The largest absolute Gasteiger partial charge is 0.436 e. The smallest absolute Gasteiger partial charge is 0.351 e. The maximum atomic E-state index is 13.3. The number of carbonyl (C=O) groups excluding carboxylic acids is 1. The van der Waals surface area contributed by atoms with E-state index in [1.807, 2.05) is 61.5 Å². The molecule has 0 unspecified atom stereocenters. The first-order valence-electron chi connectivity index (χ1n) is 11.4. The summed E-state index contributed by atoms with van der Waals surface area (Å²) in [6.45, 7) is 5.94. The number of ether oxygens (including phenoxy) is 1. The Morgan fingerprint density at radius 1 is 1.03 bits per heavy atom.